The van der Waals surface area contributed by atoms with Crippen LogP contribution in [0, 0.1) is 0 Å². The van der Waals surface area contributed by atoms with Crippen LogP contribution in [0.4, 0.5) is 5.69 Å². The molecule has 0 bridgehead atoms. The van der Waals surface area contributed by atoms with Gasteiger partial charge in [-0.3, -0.25) is 4.79 Å². The van der Waals surface area contributed by atoms with Gasteiger partial charge in [-0.25, -0.2) is 0 Å². The summed E-state index contributed by atoms with van der Waals surface area (Å²) >= 11 is 1.19. The van der Waals surface area contributed by atoms with E-state index in [2.05, 4.69) is 51.0 Å². The van der Waals surface area contributed by atoms with Gasteiger partial charge in [0, 0.05) is 24.8 Å². The van der Waals surface area contributed by atoms with Crippen molar-refractivity contribution in [3.8, 4) is 0 Å². The molecule has 3 rings (SSSR count). The minimum absolute atomic E-state index is 0.0386. The van der Waals surface area contributed by atoms with Crippen LogP contribution < -0.4 is 10.2 Å². The van der Waals surface area contributed by atoms with Gasteiger partial charge in [0.05, 0.1) is 5.69 Å². The first-order valence-corrected chi connectivity index (χ1v) is 8.98. The molecule has 0 aliphatic carbocycles. The van der Waals surface area contributed by atoms with Crippen LogP contribution >= 0.6 is 11.5 Å². The van der Waals surface area contributed by atoms with E-state index in [0.29, 0.717) is 17.5 Å². The van der Waals surface area contributed by atoms with Crippen molar-refractivity contribution in [2.75, 3.05) is 18.0 Å². The van der Waals surface area contributed by atoms with Crippen molar-refractivity contribution in [2.24, 2.45) is 0 Å². The predicted octanol–water partition coefficient (Wildman–Crippen LogP) is 2.89. The zero-order valence-electron chi connectivity index (χ0n) is 13.4. The number of para-hydroxylation sites is 1. The van der Waals surface area contributed by atoms with Gasteiger partial charge in [-0.1, -0.05) is 36.0 Å². The molecule has 0 saturated carbocycles. The topological polar surface area (TPSA) is 58.1 Å². The van der Waals surface area contributed by atoms with Crippen molar-refractivity contribution in [1.29, 1.82) is 0 Å². The summed E-state index contributed by atoms with van der Waals surface area (Å²) in [6.45, 7) is 3.79. The van der Waals surface area contributed by atoms with E-state index in [4.69, 9.17) is 0 Å². The molecule has 1 aromatic heterocycles. The van der Waals surface area contributed by atoms with Crippen molar-refractivity contribution in [3.63, 3.8) is 0 Å². The molecule has 2 heterocycles. The summed E-state index contributed by atoms with van der Waals surface area (Å²) in [6, 6.07) is 10.8. The van der Waals surface area contributed by atoms with Crippen molar-refractivity contribution in [1.82, 2.24) is 14.9 Å². The highest BCUT2D eigenvalue weighted by atomic mass is 32.1. The second kappa shape index (κ2) is 7.55. The number of aromatic nitrogens is 2. The summed E-state index contributed by atoms with van der Waals surface area (Å²) in [5, 5.41) is 7.14. The van der Waals surface area contributed by atoms with Crippen LogP contribution in [0.15, 0.2) is 30.3 Å². The second-order valence-electron chi connectivity index (χ2n) is 5.83. The fraction of sp³-hybridized carbons (Fsp3) is 0.471. The van der Waals surface area contributed by atoms with Crippen LogP contribution in [0.5, 0.6) is 0 Å². The van der Waals surface area contributed by atoms with Gasteiger partial charge in [0.2, 0.25) is 0 Å². The maximum atomic E-state index is 12.4. The molecule has 1 aliphatic heterocycles. The molecular weight excluding hydrogens is 308 g/mol. The minimum Gasteiger partial charge on any atom is -0.367 e. The molecule has 23 heavy (non-hydrogen) atoms. The number of rotatable bonds is 6. The third kappa shape index (κ3) is 3.69. The summed E-state index contributed by atoms with van der Waals surface area (Å²) in [7, 11) is 0. The quantitative estimate of drug-likeness (QED) is 0.885. The number of carbonyl (C=O) groups excluding carboxylic acids is 1. The Hall–Kier alpha value is -1.95. The molecule has 5 nitrogen and oxygen atoms in total. The van der Waals surface area contributed by atoms with E-state index in [9.17, 15) is 4.79 Å². The van der Waals surface area contributed by atoms with E-state index in [1.165, 1.54) is 23.6 Å². The number of nitrogens with one attached hydrogen (secondary N) is 1. The lowest BCUT2D eigenvalue weighted by Gasteiger charge is -2.27. The Bertz CT molecular complexity index is 643. The number of benzene rings is 1. The maximum absolute atomic E-state index is 12.4. The molecule has 122 valence electrons. The first-order valence-electron chi connectivity index (χ1n) is 8.20. The Morgan fingerprint density at radius 3 is 3.00 bits per heavy atom. The minimum atomic E-state index is -0.0386. The van der Waals surface area contributed by atoms with Crippen LogP contribution in [0.25, 0.3) is 0 Å². The molecule has 1 atom stereocenters. The fourth-order valence-corrected chi connectivity index (χ4v) is 3.70. The lowest BCUT2D eigenvalue weighted by atomic mass is 10.2. The van der Waals surface area contributed by atoms with Gasteiger partial charge in [0.25, 0.3) is 5.91 Å². The number of carbonyl (C=O) groups is 1. The molecule has 1 fully saturated rings. The zero-order valence-corrected chi connectivity index (χ0v) is 14.2. The average molecular weight is 330 g/mol. The highest BCUT2D eigenvalue weighted by molar-refractivity contribution is 7.08. The molecule has 0 radical (unpaired) electrons. The molecule has 1 N–H and O–H groups in total. The van der Waals surface area contributed by atoms with Crippen molar-refractivity contribution in [3.05, 3.63) is 40.9 Å². The first kappa shape index (κ1) is 15.9. The molecule has 1 amide bonds. The van der Waals surface area contributed by atoms with Gasteiger partial charge >= 0.3 is 0 Å². The van der Waals surface area contributed by atoms with Crippen LogP contribution in [0.2, 0.25) is 0 Å². The largest absolute Gasteiger partial charge is 0.367 e. The SMILES string of the molecule is CCCc1nnsc1C(=O)NC[C@H]1CCCN1c1ccccc1. The molecule has 1 aliphatic rings. The Labute approximate surface area is 140 Å². The second-order valence-corrected chi connectivity index (χ2v) is 6.59. The number of nitrogens with zero attached hydrogens (tertiary/aromatic N) is 3. The van der Waals surface area contributed by atoms with E-state index >= 15 is 0 Å². The number of aryl methyl sites for hydroxylation is 1. The number of hydrogen-bond acceptors (Lipinski definition) is 5. The highest BCUT2D eigenvalue weighted by Gasteiger charge is 2.25. The van der Waals surface area contributed by atoms with Crippen molar-refractivity contribution >= 4 is 23.1 Å². The molecule has 1 aromatic carbocycles. The predicted molar refractivity (Wildman–Crippen MR) is 93.0 cm³/mol. The number of hydrogen-bond donors (Lipinski definition) is 1. The van der Waals surface area contributed by atoms with E-state index in [0.717, 1.165) is 31.5 Å². The van der Waals surface area contributed by atoms with E-state index < -0.39 is 0 Å². The van der Waals surface area contributed by atoms with Gasteiger partial charge in [0.1, 0.15) is 4.88 Å². The number of amides is 1. The Balaban J connectivity index is 1.61. The van der Waals surface area contributed by atoms with E-state index in [-0.39, 0.29) is 5.91 Å². The van der Waals surface area contributed by atoms with Crippen molar-refractivity contribution in [2.45, 2.75) is 38.6 Å². The van der Waals surface area contributed by atoms with Gasteiger partial charge in [0.15, 0.2) is 0 Å². The third-order valence-electron chi connectivity index (χ3n) is 4.21. The van der Waals surface area contributed by atoms with Crippen LogP contribution in [-0.4, -0.2) is 34.6 Å². The first-order chi connectivity index (χ1) is 11.3. The van der Waals surface area contributed by atoms with Gasteiger partial charge in [-0.15, -0.1) is 5.10 Å². The Morgan fingerprint density at radius 2 is 2.22 bits per heavy atom. The summed E-state index contributed by atoms with van der Waals surface area (Å²) in [5.74, 6) is -0.0386. The van der Waals surface area contributed by atoms with Gasteiger partial charge in [-0.05, 0) is 42.9 Å². The molecule has 1 saturated heterocycles. The summed E-state index contributed by atoms with van der Waals surface area (Å²) in [6.07, 6.45) is 4.05. The maximum Gasteiger partial charge on any atom is 0.265 e. The number of anilines is 1. The Morgan fingerprint density at radius 1 is 1.39 bits per heavy atom. The fourth-order valence-electron chi connectivity index (χ4n) is 3.08. The normalized spacial score (nSPS) is 17.4. The molecule has 2 aromatic rings. The standard InChI is InChI=1S/C17H22N4OS/c1-2-7-15-16(23-20-19-15)17(22)18-12-14-10-6-11-21(14)13-8-4-3-5-9-13/h3-5,8-9,14H,2,6-7,10-12H2,1H3,(H,18,22)/t14-/m1/s1. The molecule has 0 spiro atoms. The van der Waals surface area contributed by atoms with Crippen LogP contribution in [0.3, 0.4) is 0 Å². The Kier molecular flexibility index (Phi) is 5.23. The molecular formula is C17H22N4OS. The summed E-state index contributed by atoms with van der Waals surface area (Å²) in [4.78, 5) is 15.5. The van der Waals surface area contributed by atoms with E-state index in [1.54, 1.807) is 0 Å². The summed E-state index contributed by atoms with van der Waals surface area (Å²) in [5.41, 5.74) is 2.05. The van der Waals surface area contributed by atoms with Crippen LogP contribution in [-0.2, 0) is 6.42 Å². The van der Waals surface area contributed by atoms with Crippen LogP contribution in [0.1, 0.15) is 41.6 Å². The van der Waals surface area contributed by atoms with Crippen molar-refractivity contribution < 1.29 is 4.79 Å². The lowest BCUT2D eigenvalue weighted by Crippen LogP contribution is -2.40. The molecule has 6 heteroatoms. The highest BCUT2D eigenvalue weighted by Crippen LogP contribution is 2.24. The van der Waals surface area contributed by atoms with Gasteiger partial charge in [-0.2, -0.15) is 0 Å². The zero-order chi connectivity index (χ0) is 16.1. The molecule has 0 unspecified atom stereocenters. The monoisotopic (exact) mass is 330 g/mol. The van der Waals surface area contributed by atoms with Gasteiger partial charge < -0.3 is 10.2 Å². The summed E-state index contributed by atoms with van der Waals surface area (Å²) < 4.78 is 3.92. The van der Waals surface area contributed by atoms with E-state index in [1.807, 2.05) is 6.07 Å². The lowest BCUT2D eigenvalue weighted by molar-refractivity contribution is 0.0954. The average Bonchev–Trinajstić information content (AvgIpc) is 3.23. The smallest absolute Gasteiger partial charge is 0.265 e. The third-order valence-corrected chi connectivity index (χ3v) is 4.98.